The van der Waals surface area contributed by atoms with Crippen LogP contribution in [0.3, 0.4) is 0 Å². The molecule has 0 aromatic carbocycles. The molecule has 7 heteroatoms. The van der Waals surface area contributed by atoms with E-state index in [9.17, 15) is 4.79 Å². The molecule has 0 aliphatic heterocycles. The molecule has 0 saturated carbocycles. The standard InChI is InChI=1S/C15H15N5OS/c1-11-4-6-22-13(11)8-19(2)15(21)12-3-5-17-14(7-12)20-10-16-9-18-20/h3-7,9-10H,8H2,1-2H3. The summed E-state index contributed by atoms with van der Waals surface area (Å²) in [6.45, 7) is 2.66. The summed E-state index contributed by atoms with van der Waals surface area (Å²) in [5.41, 5.74) is 1.79. The summed E-state index contributed by atoms with van der Waals surface area (Å²) in [4.78, 5) is 23.6. The first-order valence-electron chi connectivity index (χ1n) is 6.74. The number of rotatable bonds is 4. The van der Waals surface area contributed by atoms with Gasteiger partial charge in [0, 0.05) is 23.7 Å². The molecule has 112 valence electrons. The Bertz CT molecular complexity index is 781. The quantitative estimate of drug-likeness (QED) is 0.741. The van der Waals surface area contributed by atoms with E-state index in [1.165, 1.54) is 21.4 Å². The van der Waals surface area contributed by atoms with Crippen LogP contribution in [0.5, 0.6) is 0 Å². The molecule has 3 aromatic heterocycles. The van der Waals surface area contributed by atoms with Gasteiger partial charge in [-0.2, -0.15) is 5.10 Å². The molecule has 0 radical (unpaired) electrons. The third-order valence-corrected chi connectivity index (χ3v) is 4.35. The van der Waals surface area contributed by atoms with Crippen molar-refractivity contribution >= 4 is 17.2 Å². The second-order valence-electron chi connectivity index (χ2n) is 4.93. The van der Waals surface area contributed by atoms with Gasteiger partial charge in [0.15, 0.2) is 5.82 Å². The normalized spacial score (nSPS) is 10.6. The maximum Gasteiger partial charge on any atom is 0.254 e. The Kier molecular flexibility index (Phi) is 3.97. The zero-order valence-corrected chi connectivity index (χ0v) is 13.1. The lowest BCUT2D eigenvalue weighted by molar-refractivity contribution is 0.0786. The summed E-state index contributed by atoms with van der Waals surface area (Å²) in [7, 11) is 1.80. The third-order valence-electron chi connectivity index (χ3n) is 3.34. The van der Waals surface area contributed by atoms with E-state index in [4.69, 9.17) is 0 Å². The molecule has 3 aromatic rings. The minimum atomic E-state index is -0.0448. The van der Waals surface area contributed by atoms with E-state index < -0.39 is 0 Å². The van der Waals surface area contributed by atoms with Crippen molar-refractivity contribution < 1.29 is 4.79 Å². The van der Waals surface area contributed by atoms with Gasteiger partial charge in [0.25, 0.3) is 5.91 Å². The highest BCUT2D eigenvalue weighted by atomic mass is 32.1. The molecule has 0 aliphatic carbocycles. The van der Waals surface area contributed by atoms with Crippen LogP contribution in [0.1, 0.15) is 20.8 Å². The first kappa shape index (κ1) is 14.4. The van der Waals surface area contributed by atoms with Crippen molar-refractivity contribution in [1.29, 1.82) is 0 Å². The number of nitrogens with zero attached hydrogens (tertiary/aromatic N) is 5. The van der Waals surface area contributed by atoms with Gasteiger partial charge in [0.1, 0.15) is 12.7 Å². The molecule has 1 amide bonds. The average Bonchev–Trinajstić information content (AvgIpc) is 3.19. The third kappa shape index (κ3) is 2.89. The van der Waals surface area contributed by atoms with Gasteiger partial charge >= 0.3 is 0 Å². The van der Waals surface area contributed by atoms with Crippen LogP contribution in [0.4, 0.5) is 0 Å². The Morgan fingerprint density at radius 1 is 1.41 bits per heavy atom. The molecule has 0 atom stereocenters. The molecule has 0 saturated heterocycles. The topological polar surface area (TPSA) is 63.9 Å². The van der Waals surface area contributed by atoms with Crippen molar-refractivity contribution in [3.8, 4) is 5.82 Å². The molecule has 0 unspecified atom stereocenters. The zero-order valence-electron chi connectivity index (χ0n) is 12.3. The van der Waals surface area contributed by atoms with Crippen LogP contribution >= 0.6 is 11.3 Å². The van der Waals surface area contributed by atoms with Gasteiger partial charge in [-0.3, -0.25) is 4.79 Å². The Balaban J connectivity index is 1.80. The maximum absolute atomic E-state index is 12.6. The zero-order chi connectivity index (χ0) is 15.5. The van der Waals surface area contributed by atoms with Crippen molar-refractivity contribution in [1.82, 2.24) is 24.6 Å². The van der Waals surface area contributed by atoms with Crippen LogP contribution in [-0.2, 0) is 6.54 Å². The molecule has 0 N–H and O–H groups in total. The van der Waals surface area contributed by atoms with Crippen molar-refractivity contribution in [2.75, 3.05) is 7.05 Å². The number of aromatic nitrogens is 4. The summed E-state index contributed by atoms with van der Waals surface area (Å²) in [6, 6.07) is 5.49. The molecule has 0 spiro atoms. The highest BCUT2D eigenvalue weighted by Crippen LogP contribution is 2.18. The second-order valence-corrected chi connectivity index (χ2v) is 5.93. The van der Waals surface area contributed by atoms with Crippen LogP contribution in [0.15, 0.2) is 42.4 Å². The van der Waals surface area contributed by atoms with Gasteiger partial charge < -0.3 is 4.90 Å². The SMILES string of the molecule is Cc1ccsc1CN(C)C(=O)c1ccnc(-n2cncn2)c1. The van der Waals surface area contributed by atoms with E-state index in [1.807, 2.05) is 5.38 Å². The monoisotopic (exact) mass is 313 g/mol. The Morgan fingerprint density at radius 3 is 2.95 bits per heavy atom. The summed E-state index contributed by atoms with van der Waals surface area (Å²) in [5, 5.41) is 6.06. The molecule has 3 heterocycles. The van der Waals surface area contributed by atoms with Crippen LogP contribution in [0.25, 0.3) is 5.82 Å². The van der Waals surface area contributed by atoms with Gasteiger partial charge in [-0.15, -0.1) is 11.3 Å². The van der Waals surface area contributed by atoms with Crippen molar-refractivity contribution in [2.24, 2.45) is 0 Å². The molecule has 22 heavy (non-hydrogen) atoms. The fraction of sp³-hybridized carbons (Fsp3) is 0.200. The van der Waals surface area contributed by atoms with E-state index in [0.717, 1.165) is 0 Å². The van der Waals surface area contributed by atoms with Gasteiger partial charge in [-0.1, -0.05) is 0 Å². The molecule has 0 aliphatic rings. The number of thiophene rings is 1. The summed E-state index contributed by atoms with van der Waals surface area (Å²) in [6.07, 6.45) is 4.59. The molecule has 3 rings (SSSR count). The largest absolute Gasteiger partial charge is 0.337 e. The van der Waals surface area contributed by atoms with Gasteiger partial charge in [-0.05, 0) is 36.1 Å². The molecular weight excluding hydrogens is 298 g/mol. The van der Waals surface area contributed by atoms with Crippen LogP contribution in [-0.4, -0.2) is 37.6 Å². The second kappa shape index (κ2) is 6.07. The summed E-state index contributed by atoms with van der Waals surface area (Å²) < 4.78 is 1.53. The predicted octanol–water partition coefficient (Wildman–Crippen LogP) is 2.30. The van der Waals surface area contributed by atoms with Crippen LogP contribution in [0.2, 0.25) is 0 Å². The van der Waals surface area contributed by atoms with Crippen LogP contribution in [0, 0.1) is 6.92 Å². The van der Waals surface area contributed by atoms with Gasteiger partial charge in [0.05, 0.1) is 6.54 Å². The van der Waals surface area contributed by atoms with E-state index >= 15 is 0 Å². The lowest BCUT2D eigenvalue weighted by atomic mass is 10.2. The molecule has 6 nitrogen and oxygen atoms in total. The van der Waals surface area contributed by atoms with Gasteiger partial charge in [-0.25, -0.2) is 14.6 Å². The Labute approximate surface area is 132 Å². The number of amides is 1. The van der Waals surface area contributed by atoms with Crippen molar-refractivity contribution in [3.63, 3.8) is 0 Å². The van der Waals surface area contributed by atoms with Crippen molar-refractivity contribution in [2.45, 2.75) is 13.5 Å². The maximum atomic E-state index is 12.6. The number of hydrogen-bond acceptors (Lipinski definition) is 5. The number of carbonyl (C=O) groups excluding carboxylic acids is 1. The first-order chi connectivity index (χ1) is 10.6. The van der Waals surface area contributed by atoms with E-state index in [2.05, 4.69) is 28.1 Å². The molecular formula is C15H15N5OS. The first-order valence-corrected chi connectivity index (χ1v) is 7.62. The minimum Gasteiger partial charge on any atom is -0.337 e. The highest BCUT2D eigenvalue weighted by molar-refractivity contribution is 7.10. The predicted molar refractivity (Wildman–Crippen MR) is 84.0 cm³/mol. The Hall–Kier alpha value is -2.54. The van der Waals surface area contributed by atoms with Crippen molar-refractivity contribution in [3.05, 3.63) is 58.4 Å². The van der Waals surface area contributed by atoms with Gasteiger partial charge in [0.2, 0.25) is 0 Å². The lowest BCUT2D eigenvalue weighted by Gasteiger charge is -2.17. The van der Waals surface area contributed by atoms with E-state index in [0.29, 0.717) is 17.9 Å². The fourth-order valence-corrected chi connectivity index (χ4v) is 3.04. The lowest BCUT2D eigenvalue weighted by Crippen LogP contribution is -2.26. The van der Waals surface area contributed by atoms with E-state index in [-0.39, 0.29) is 5.91 Å². The smallest absolute Gasteiger partial charge is 0.254 e. The highest BCUT2D eigenvalue weighted by Gasteiger charge is 2.15. The number of carbonyl (C=O) groups is 1. The minimum absolute atomic E-state index is 0.0448. The van der Waals surface area contributed by atoms with Crippen LogP contribution < -0.4 is 0 Å². The molecule has 0 bridgehead atoms. The Morgan fingerprint density at radius 2 is 2.27 bits per heavy atom. The molecule has 0 fully saturated rings. The number of pyridine rings is 1. The number of aryl methyl sites for hydroxylation is 1. The summed E-state index contributed by atoms with van der Waals surface area (Å²) in [5.74, 6) is 0.528. The number of hydrogen-bond donors (Lipinski definition) is 0. The fourth-order valence-electron chi connectivity index (χ4n) is 2.08. The summed E-state index contributed by atoms with van der Waals surface area (Å²) >= 11 is 1.66. The van der Waals surface area contributed by atoms with E-state index in [1.54, 1.807) is 47.9 Å². The average molecular weight is 313 g/mol.